The van der Waals surface area contributed by atoms with Gasteiger partial charge in [-0.25, -0.2) is 14.3 Å². The van der Waals surface area contributed by atoms with Crippen LogP contribution in [0.15, 0.2) is 27.8 Å². The van der Waals surface area contributed by atoms with Gasteiger partial charge in [0.15, 0.2) is 11.2 Å². The number of imidazole rings is 1. The van der Waals surface area contributed by atoms with E-state index in [1.165, 1.54) is 4.57 Å². The molecule has 0 N–H and O–H groups in total. The zero-order valence-corrected chi connectivity index (χ0v) is 15.1. The van der Waals surface area contributed by atoms with Crippen molar-refractivity contribution in [2.24, 2.45) is 7.05 Å². The molecule has 2 aromatic heterocycles. The lowest BCUT2D eigenvalue weighted by atomic mass is 10.2. The summed E-state index contributed by atoms with van der Waals surface area (Å²) >= 11 is 12.0. The number of nitrogens with zero attached hydrogens (tertiary/aromatic N) is 4. The van der Waals surface area contributed by atoms with Crippen molar-refractivity contribution in [2.45, 2.75) is 20.0 Å². The zero-order valence-electron chi connectivity index (χ0n) is 13.6. The molecule has 0 saturated carbocycles. The Bertz CT molecular complexity index is 1150. The summed E-state index contributed by atoms with van der Waals surface area (Å²) in [5.74, 6) is 2.85. The number of aryl methyl sites for hydroxylation is 2. The largest absolute Gasteiger partial charge is 0.333 e. The molecule has 0 unspecified atom stereocenters. The van der Waals surface area contributed by atoms with Crippen molar-refractivity contribution in [3.05, 3.63) is 49.1 Å². The molecule has 0 bridgehead atoms. The molecule has 0 aliphatic rings. The quantitative estimate of drug-likeness (QED) is 0.659. The number of halogens is 2. The summed E-state index contributed by atoms with van der Waals surface area (Å²) in [6, 6.07) is 5.07. The van der Waals surface area contributed by atoms with Gasteiger partial charge < -0.3 is 4.57 Å². The summed E-state index contributed by atoms with van der Waals surface area (Å²) in [4.78, 5) is 29.8. The third-order valence-electron chi connectivity index (χ3n) is 3.99. The Morgan fingerprint density at radius 3 is 2.52 bits per heavy atom. The van der Waals surface area contributed by atoms with E-state index in [0.29, 0.717) is 39.1 Å². The molecule has 0 saturated heterocycles. The number of fused-ring (bicyclic) bond motifs is 1. The predicted octanol–water partition coefficient (Wildman–Crippen LogP) is 2.52. The number of hydrogen-bond acceptors (Lipinski definition) is 3. The lowest BCUT2D eigenvalue weighted by Crippen LogP contribution is -2.40. The molecule has 0 atom stereocenters. The van der Waals surface area contributed by atoms with E-state index in [1.807, 2.05) is 0 Å². The Hall–Kier alpha value is -2.49. The number of benzene rings is 1. The van der Waals surface area contributed by atoms with Gasteiger partial charge in [-0.05, 0) is 25.1 Å². The van der Waals surface area contributed by atoms with Crippen LogP contribution < -0.4 is 11.2 Å². The molecule has 0 fully saturated rings. The van der Waals surface area contributed by atoms with E-state index >= 15 is 0 Å². The molecule has 0 radical (unpaired) electrons. The maximum Gasteiger partial charge on any atom is 0.333 e. The van der Waals surface area contributed by atoms with Crippen molar-refractivity contribution in [1.29, 1.82) is 0 Å². The highest BCUT2D eigenvalue weighted by molar-refractivity contribution is 6.42. The molecule has 2 heterocycles. The molecule has 0 aliphatic heterocycles. The average Bonchev–Trinajstić information content (AvgIpc) is 2.92. The summed E-state index contributed by atoms with van der Waals surface area (Å²) in [6.07, 6.45) is 5.29. The molecule has 1 aromatic carbocycles. The van der Waals surface area contributed by atoms with Gasteiger partial charge in [0, 0.05) is 19.2 Å². The SMILES string of the molecule is C#CCn1c(=O)c2c(nc(-c3ccc(Cl)c(Cl)c3)n2C)n(CC)c1=O. The maximum atomic E-state index is 12.7. The first-order chi connectivity index (χ1) is 11.9. The first-order valence-electron chi connectivity index (χ1n) is 7.49. The van der Waals surface area contributed by atoms with Gasteiger partial charge in [0.2, 0.25) is 0 Å². The molecule has 0 spiro atoms. The van der Waals surface area contributed by atoms with Crippen LogP contribution >= 0.6 is 23.2 Å². The topological polar surface area (TPSA) is 61.8 Å². The highest BCUT2D eigenvalue weighted by Crippen LogP contribution is 2.28. The second kappa shape index (κ2) is 6.43. The first kappa shape index (κ1) is 17.3. The Balaban J connectivity index is 2.42. The zero-order chi connectivity index (χ0) is 18.3. The highest BCUT2D eigenvalue weighted by atomic mass is 35.5. The number of hydrogen-bond donors (Lipinski definition) is 0. The van der Waals surface area contributed by atoms with Gasteiger partial charge in [-0.1, -0.05) is 29.1 Å². The Kier molecular flexibility index (Phi) is 4.46. The average molecular weight is 377 g/mol. The van der Waals surface area contributed by atoms with Crippen molar-refractivity contribution in [1.82, 2.24) is 18.7 Å². The molecule has 3 aromatic rings. The Labute approximate surface area is 153 Å². The van der Waals surface area contributed by atoms with Crippen LogP contribution in [0, 0.1) is 12.3 Å². The van der Waals surface area contributed by atoms with Crippen molar-refractivity contribution < 1.29 is 0 Å². The summed E-state index contributed by atoms with van der Waals surface area (Å²) in [6.45, 7) is 2.07. The van der Waals surface area contributed by atoms with Gasteiger partial charge in [0.25, 0.3) is 5.56 Å². The third-order valence-corrected chi connectivity index (χ3v) is 4.72. The summed E-state index contributed by atoms with van der Waals surface area (Å²) in [5, 5.41) is 0.801. The van der Waals surface area contributed by atoms with E-state index in [0.717, 1.165) is 4.57 Å². The number of aromatic nitrogens is 4. The fraction of sp³-hybridized carbons (Fsp3) is 0.235. The minimum absolute atomic E-state index is 0.0963. The minimum Gasteiger partial charge on any atom is -0.321 e. The van der Waals surface area contributed by atoms with Crippen LogP contribution in [0.1, 0.15) is 6.92 Å². The molecule has 0 amide bonds. The molecule has 0 aliphatic carbocycles. The summed E-state index contributed by atoms with van der Waals surface area (Å²) in [5.41, 5.74) is 0.360. The smallest absolute Gasteiger partial charge is 0.321 e. The van der Waals surface area contributed by atoms with E-state index < -0.39 is 11.2 Å². The van der Waals surface area contributed by atoms with Gasteiger partial charge in [0.1, 0.15) is 5.82 Å². The van der Waals surface area contributed by atoms with Gasteiger partial charge in [-0.2, -0.15) is 0 Å². The van der Waals surface area contributed by atoms with E-state index in [-0.39, 0.29) is 6.54 Å². The Morgan fingerprint density at radius 2 is 1.92 bits per heavy atom. The molecule has 128 valence electrons. The number of rotatable bonds is 3. The van der Waals surface area contributed by atoms with Gasteiger partial charge >= 0.3 is 5.69 Å². The lowest BCUT2D eigenvalue weighted by Gasteiger charge is -2.07. The molecular formula is C17H14Cl2N4O2. The van der Waals surface area contributed by atoms with Crippen LogP contribution in [-0.2, 0) is 20.1 Å². The van der Waals surface area contributed by atoms with Crippen molar-refractivity contribution in [2.75, 3.05) is 0 Å². The van der Waals surface area contributed by atoms with E-state index in [2.05, 4.69) is 10.9 Å². The predicted molar refractivity (Wildman–Crippen MR) is 99.2 cm³/mol. The summed E-state index contributed by atoms with van der Waals surface area (Å²) < 4.78 is 4.09. The summed E-state index contributed by atoms with van der Waals surface area (Å²) in [7, 11) is 1.71. The second-order valence-corrected chi connectivity index (χ2v) is 6.23. The fourth-order valence-corrected chi connectivity index (χ4v) is 3.07. The fourth-order valence-electron chi connectivity index (χ4n) is 2.77. The van der Waals surface area contributed by atoms with Gasteiger partial charge in [-0.15, -0.1) is 6.42 Å². The lowest BCUT2D eigenvalue weighted by molar-refractivity contribution is 0.630. The maximum absolute atomic E-state index is 12.7. The van der Waals surface area contributed by atoms with Crippen LogP contribution in [-0.4, -0.2) is 18.7 Å². The normalized spacial score (nSPS) is 11.0. The molecule has 8 heteroatoms. The standard InChI is InChI=1S/C17H14Cl2N4O2/c1-4-8-23-16(24)13-15(22(5-2)17(23)25)20-14(21(13)3)10-6-7-11(18)12(19)9-10/h1,6-7,9H,5,8H2,2-3H3. The second-order valence-electron chi connectivity index (χ2n) is 5.42. The van der Waals surface area contributed by atoms with Gasteiger partial charge in [-0.3, -0.25) is 9.36 Å². The van der Waals surface area contributed by atoms with E-state index in [9.17, 15) is 9.59 Å². The number of terminal acetylenes is 1. The van der Waals surface area contributed by atoms with Crippen LogP contribution in [0.3, 0.4) is 0 Å². The third kappa shape index (κ3) is 2.66. The van der Waals surface area contributed by atoms with Crippen molar-refractivity contribution in [3.63, 3.8) is 0 Å². The monoisotopic (exact) mass is 376 g/mol. The van der Waals surface area contributed by atoms with Crippen molar-refractivity contribution in [3.8, 4) is 23.7 Å². The van der Waals surface area contributed by atoms with Crippen LogP contribution in [0.5, 0.6) is 0 Å². The van der Waals surface area contributed by atoms with Gasteiger partial charge in [0.05, 0.1) is 16.6 Å². The van der Waals surface area contributed by atoms with Crippen molar-refractivity contribution >= 4 is 34.4 Å². The highest BCUT2D eigenvalue weighted by Gasteiger charge is 2.20. The van der Waals surface area contributed by atoms with E-state index in [1.54, 1.807) is 36.7 Å². The molecular weight excluding hydrogens is 363 g/mol. The Morgan fingerprint density at radius 1 is 1.20 bits per heavy atom. The van der Waals surface area contributed by atoms with Crippen LogP contribution in [0.2, 0.25) is 10.0 Å². The van der Waals surface area contributed by atoms with Crippen LogP contribution in [0.25, 0.3) is 22.6 Å². The minimum atomic E-state index is -0.475. The molecule has 3 rings (SSSR count). The molecule has 6 nitrogen and oxygen atoms in total. The van der Waals surface area contributed by atoms with Crippen LogP contribution in [0.4, 0.5) is 0 Å². The molecule has 25 heavy (non-hydrogen) atoms. The van der Waals surface area contributed by atoms with E-state index in [4.69, 9.17) is 29.6 Å². The first-order valence-corrected chi connectivity index (χ1v) is 8.25.